The van der Waals surface area contributed by atoms with Gasteiger partial charge in [0, 0.05) is 74.5 Å². The predicted octanol–water partition coefficient (Wildman–Crippen LogP) is 35.0. The molecular formula is C110H136N4O4S4Si6. The molecule has 16 rings (SSSR count). The Balaban J connectivity index is 0.000000199. The summed E-state index contributed by atoms with van der Waals surface area (Å²) < 4.78 is 27.6. The van der Waals surface area contributed by atoms with E-state index in [0.717, 1.165) is 141 Å². The van der Waals surface area contributed by atoms with Crippen molar-refractivity contribution in [3.05, 3.63) is 263 Å². The van der Waals surface area contributed by atoms with Crippen LogP contribution in [0.25, 0.3) is 65.3 Å². The first-order valence-electron chi connectivity index (χ1n) is 47.5. The van der Waals surface area contributed by atoms with Gasteiger partial charge in [0.1, 0.15) is 20.2 Å². The van der Waals surface area contributed by atoms with Crippen LogP contribution in [0, 0.1) is 23.7 Å². The monoisotopic (exact) mass is 1870 g/mol. The summed E-state index contributed by atoms with van der Waals surface area (Å²) in [5.41, 5.74) is 19.2. The van der Waals surface area contributed by atoms with Crippen molar-refractivity contribution in [2.24, 2.45) is 43.6 Å². The standard InChI is InChI=1S/C64H66N2S2.C46H70N2O4S2Si6/c1-41(2)15-11-17-43(5)27-29-45-31-35-49(36-32-45)55-39-57-60-59-58(68-63(65-61(55)59)53-25-13-21-47-19-7-9-23-51(47)53)40-56(50-37-33-46(34-38-50)30-28-44(6)18-12-16-42(3)4)62(60)66-64(67-57)54-26-14-22-48-20-8-10-24-52(48)54;1-55(2,3)49-59(13,50-56(4,5)6)31-23-21-29-37-33-39-42-41-40(54-45(47-43(37)41)35-25-17-15-18-26-35)34-38(44(42)48-46(53-39)36-27-19-16-20-28-36)30-22-24-32-60(14,51-57(7,8)9)52-58(10,11)12/h7-10,13-14,19-26,31-44H,11-12,15-18,27-30H2,1-6H3;15-20,25-28,33-34H,21-24,29-32H2,1-14H3. The third-order valence-electron chi connectivity index (χ3n) is 24.6. The van der Waals surface area contributed by atoms with Crippen molar-refractivity contribution in [1.82, 2.24) is 0 Å². The average Bonchev–Trinajstić information content (AvgIpc) is 0.710. The Morgan fingerprint density at radius 3 is 0.953 bits per heavy atom. The first-order chi connectivity index (χ1) is 61.0. The maximum atomic E-state index is 6.90. The zero-order valence-electron chi connectivity index (χ0n) is 79.9. The lowest BCUT2D eigenvalue weighted by atomic mass is 9.91. The molecular weight excluding hydrogens is 1740 g/mol. The summed E-state index contributed by atoms with van der Waals surface area (Å²) >= 11 is 7.27. The molecule has 18 heteroatoms. The molecule has 4 heterocycles. The minimum absolute atomic E-state index is 0.731. The summed E-state index contributed by atoms with van der Waals surface area (Å²) in [6, 6.07) is 82.9. The summed E-state index contributed by atoms with van der Waals surface area (Å²) in [4.78, 5) is 27.6. The second-order valence-corrected chi connectivity index (χ2v) is 71.4. The molecule has 2 unspecified atom stereocenters. The quantitative estimate of drug-likeness (QED) is 0.0279. The number of aliphatic imine (C=N–C) groups is 4. The fourth-order valence-corrected chi connectivity index (χ4v) is 48.7. The molecule has 0 spiro atoms. The number of hydrogen-bond acceptors (Lipinski definition) is 12. The minimum atomic E-state index is -2.33. The molecule has 0 saturated carbocycles. The number of hydrogen-bond donors (Lipinski definition) is 0. The molecule has 8 nitrogen and oxygen atoms in total. The molecule has 0 aromatic heterocycles. The number of nitrogens with zero attached hydrogens (tertiary/aromatic N) is 4. The number of benzene rings is 12. The largest absolute Gasteiger partial charge is 0.437 e. The van der Waals surface area contributed by atoms with Gasteiger partial charge < -0.3 is 16.5 Å². The molecule has 668 valence electrons. The maximum Gasteiger partial charge on any atom is 0.314 e. The number of fused-ring (bicyclic) bond motifs is 2. The van der Waals surface area contributed by atoms with E-state index in [-0.39, 0.29) is 0 Å². The van der Waals surface area contributed by atoms with Crippen LogP contribution >= 0.6 is 47.0 Å². The van der Waals surface area contributed by atoms with E-state index in [1.165, 1.54) is 170 Å². The average molecular weight is 1880 g/mol. The fraction of sp³-hybridized carbons (Fsp3) is 0.382. The predicted molar refractivity (Wildman–Crippen MR) is 577 cm³/mol. The van der Waals surface area contributed by atoms with E-state index in [1.807, 2.05) is 47.0 Å². The SMILES string of the molecule is CC(C)CCCC(C)CCc1ccc(-c2cc3c4c(c(-c5ccc(CCC(C)CCCC(C)C)cc5)cc5c4c2N=C(c2cccc4ccccc24)S5)N=C(c2cccc4ccccc24)S3)cc1.C[Si](C)(C)O[Si](C)(CCCCc1cc2c3c(c(CCCC[Si](C)(O[Si](C)(C)C)O[Si](C)(C)C)cc4c3c1N=C(c1ccccc1)S4)N=C(c1ccccc1)S2)O[Si](C)(C)C. The van der Waals surface area contributed by atoms with Crippen molar-refractivity contribution in [1.29, 1.82) is 0 Å². The van der Waals surface area contributed by atoms with Gasteiger partial charge in [-0.3, -0.25) is 0 Å². The van der Waals surface area contributed by atoms with Gasteiger partial charge in [0.2, 0.25) is 0 Å². The molecule has 2 atom stereocenters. The molecule has 0 amide bonds. The van der Waals surface area contributed by atoms with Gasteiger partial charge in [-0.05, 0) is 258 Å². The van der Waals surface area contributed by atoms with E-state index in [1.54, 1.807) is 0 Å². The number of unbranched alkanes of at least 4 members (excludes halogenated alkanes) is 2. The first kappa shape index (κ1) is 95.5. The lowest BCUT2D eigenvalue weighted by Gasteiger charge is -2.38. The summed E-state index contributed by atoms with van der Waals surface area (Å²) in [5, 5.41) is 14.1. The molecule has 4 aliphatic rings. The van der Waals surface area contributed by atoms with Crippen molar-refractivity contribution in [2.45, 2.75) is 268 Å². The van der Waals surface area contributed by atoms with E-state index in [4.69, 9.17) is 36.4 Å². The van der Waals surface area contributed by atoms with Crippen molar-refractivity contribution < 1.29 is 16.5 Å². The Hall–Kier alpha value is -7.10. The number of aryl methyl sites for hydroxylation is 4. The molecule has 0 fully saturated rings. The van der Waals surface area contributed by atoms with Crippen LogP contribution in [0.3, 0.4) is 0 Å². The van der Waals surface area contributed by atoms with Crippen LogP contribution < -0.4 is 0 Å². The third kappa shape index (κ3) is 24.3. The molecule has 0 saturated heterocycles. The topological polar surface area (TPSA) is 86.4 Å². The van der Waals surface area contributed by atoms with Crippen LogP contribution in [0.2, 0.25) is 104 Å². The van der Waals surface area contributed by atoms with E-state index < -0.39 is 50.4 Å². The van der Waals surface area contributed by atoms with Gasteiger partial charge in [-0.2, -0.15) is 0 Å². The molecule has 4 aliphatic heterocycles. The Bertz CT molecular complexity index is 5700. The Morgan fingerprint density at radius 1 is 0.273 bits per heavy atom. The van der Waals surface area contributed by atoms with Gasteiger partial charge in [-0.25, -0.2) is 20.0 Å². The normalized spacial score (nSPS) is 14.6. The van der Waals surface area contributed by atoms with E-state index in [9.17, 15) is 0 Å². The van der Waals surface area contributed by atoms with Crippen LogP contribution in [0.15, 0.2) is 258 Å². The molecule has 0 radical (unpaired) electrons. The number of rotatable bonds is 38. The highest BCUT2D eigenvalue weighted by Gasteiger charge is 2.42. The van der Waals surface area contributed by atoms with Crippen molar-refractivity contribution in [3.63, 3.8) is 0 Å². The summed E-state index contributed by atoms with van der Waals surface area (Å²) in [7, 11) is -11.7. The lowest BCUT2D eigenvalue weighted by Crippen LogP contribution is -2.52. The molecule has 0 N–H and O–H groups in total. The van der Waals surface area contributed by atoms with Gasteiger partial charge in [-0.1, -0.05) is 334 Å². The molecule has 12 aromatic rings. The molecule has 128 heavy (non-hydrogen) atoms. The fourth-order valence-electron chi connectivity index (χ4n) is 19.1. The summed E-state index contributed by atoms with van der Waals surface area (Å²) in [6.07, 6.45) is 18.7. The van der Waals surface area contributed by atoms with E-state index in [0.29, 0.717) is 0 Å². The van der Waals surface area contributed by atoms with Gasteiger partial charge in [0.15, 0.2) is 33.3 Å². The third-order valence-corrected chi connectivity index (χ3v) is 48.0. The highest BCUT2D eigenvalue weighted by Crippen LogP contribution is 2.59. The summed E-state index contributed by atoms with van der Waals surface area (Å²) in [5.74, 6) is 3.02. The Labute approximate surface area is 789 Å². The van der Waals surface area contributed by atoms with Gasteiger partial charge in [0.25, 0.3) is 0 Å². The lowest BCUT2D eigenvalue weighted by molar-refractivity contribution is 0.379. The minimum Gasteiger partial charge on any atom is -0.437 e. The van der Waals surface area contributed by atoms with E-state index in [2.05, 4.69) is 352 Å². The maximum absolute atomic E-state index is 6.90. The number of thioether (sulfide) groups is 4. The second-order valence-electron chi connectivity index (χ2n) is 41.5. The highest BCUT2D eigenvalue weighted by molar-refractivity contribution is 8.15. The van der Waals surface area contributed by atoms with Gasteiger partial charge in [-0.15, -0.1) is 0 Å². The first-order valence-corrected chi connectivity index (χ1v) is 69.5. The Kier molecular flexibility index (Phi) is 30.7. The van der Waals surface area contributed by atoms with Crippen molar-refractivity contribution in [3.8, 4) is 22.3 Å². The Morgan fingerprint density at radius 2 is 0.594 bits per heavy atom. The van der Waals surface area contributed by atoms with Crippen LogP contribution in [0.4, 0.5) is 22.7 Å². The van der Waals surface area contributed by atoms with Crippen molar-refractivity contribution in [2.75, 3.05) is 0 Å². The highest BCUT2D eigenvalue weighted by atomic mass is 32.2. The van der Waals surface area contributed by atoms with Crippen LogP contribution in [-0.4, -0.2) is 70.6 Å². The van der Waals surface area contributed by atoms with Crippen LogP contribution in [-0.2, 0) is 42.1 Å². The molecule has 0 aliphatic carbocycles. The van der Waals surface area contributed by atoms with Crippen molar-refractivity contribution >= 4 is 183 Å². The van der Waals surface area contributed by atoms with Gasteiger partial charge >= 0.3 is 17.1 Å². The van der Waals surface area contributed by atoms with Gasteiger partial charge in [0.05, 0.1) is 22.7 Å². The molecule has 12 aromatic carbocycles. The van der Waals surface area contributed by atoms with Crippen LogP contribution in [0.1, 0.15) is 163 Å². The zero-order valence-corrected chi connectivity index (χ0v) is 89.1. The van der Waals surface area contributed by atoms with E-state index >= 15 is 0 Å². The smallest absolute Gasteiger partial charge is 0.314 e. The zero-order chi connectivity index (χ0) is 90.5. The van der Waals surface area contributed by atoms with Crippen LogP contribution in [0.5, 0.6) is 0 Å². The summed E-state index contributed by atoms with van der Waals surface area (Å²) in [6.45, 7) is 46.4. The molecule has 0 bridgehead atoms. The second kappa shape index (κ2) is 41.2.